The molecule has 20 heavy (non-hydrogen) atoms. The van der Waals surface area contributed by atoms with Gasteiger partial charge in [-0.3, -0.25) is 4.90 Å². The molecule has 1 aromatic rings. The lowest BCUT2D eigenvalue weighted by Crippen LogP contribution is -2.44. The van der Waals surface area contributed by atoms with Crippen LogP contribution in [-0.2, 0) is 0 Å². The molecule has 0 amide bonds. The highest BCUT2D eigenvalue weighted by Gasteiger charge is 2.25. The standard InChI is InChI=1S/C15H25ClFN3/c1-5-20(11(2)10-19(3)4)14(9-18)12-7-6-8-13(16)15(12)17/h6-8,11,14H,5,9-10,18H2,1-4H3. The van der Waals surface area contributed by atoms with Crippen molar-refractivity contribution in [1.82, 2.24) is 9.80 Å². The number of benzene rings is 1. The summed E-state index contributed by atoms with van der Waals surface area (Å²) in [5, 5.41) is 0.150. The Morgan fingerprint density at radius 1 is 1.35 bits per heavy atom. The normalized spacial score (nSPS) is 14.8. The molecule has 2 N–H and O–H groups in total. The van der Waals surface area contributed by atoms with E-state index in [0.29, 0.717) is 12.1 Å². The summed E-state index contributed by atoms with van der Waals surface area (Å²) in [6.45, 7) is 6.27. The summed E-state index contributed by atoms with van der Waals surface area (Å²) in [6, 6.07) is 5.22. The van der Waals surface area contributed by atoms with Crippen molar-refractivity contribution in [3.8, 4) is 0 Å². The Morgan fingerprint density at radius 2 is 2.00 bits per heavy atom. The van der Waals surface area contributed by atoms with Crippen molar-refractivity contribution >= 4 is 11.6 Å². The topological polar surface area (TPSA) is 32.5 Å². The Bertz CT molecular complexity index is 426. The van der Waals surface area contributed by atoms with E-state index in [1.165, 1.54) is 0 Å². The zero-order valence-corrected chi connectivity index (χ0v) is 13.5. The van der Waals surface area contributed by atoms with Crippen LogP contribution in [0.2, 0.25) is 5.02 Å². The number of rotatable bonds is 7. The third-order valence-corrected chi connectivity index (χ3v) is 3.82. The first kappa shape index (κ1) is 17.4. The Balaban J connectivity index is 3.05. The maximum absolute atomic E-state index is 14.2. The molecule has 1 aromatic carbocycles. The summed E-state index contributed by atoms with van der Waals surface area (Å²) in [7, 11) is 4.06. The monoisotopic (exact) mass is 301 g/mol. The first-order valence-electron chi connectivity index (χ1n) is 6.96. The van der Waals surface area contributed by atoms with E-state index in [4.69, 9.17) is 17.3 Å². The number of hydrogen-bond donors (Lipinski definition) is 1. The SMILES string of the molecule is CCN(C(C)CN(C)C)C(CN)c1cccc(Cl)c1F. The molecular formula is C15H25ClFN3. The average molecular weight is 302 g/mol. The highest BCUT2D eigenvalue weighted by atomic mass is 35.5. The number of hydrogen-bond acceptors (Lipinski definition) is 3. The minimum absolute atomic E-state index is 0.150. The Kier molecular flexibility index (Phi) is 6.89. The van der Waals surface area contributed by atoms with Crippen LogP contribution in [0.25, 0.3) is 0 Å². The van der Waals surface area contributed by atoms with Crippen LogP contribution in [0, 0.1) is 5.82 Å². The molecule has 0 spiro atoms. The second-order valence-electron chi connectivity index (χ2n) is 5.34. The van der Waals surface area contributed by atoms with Gasteiger partial charge in [0.25, 0.3) is 0 Å². The predicted octanol–water partition coefficient (Wildman–Crippen LogP) is 2.75. The van der Waals surface area contributed by atoms with Gasteiger partial charge < -0.3 is 10.6 Å². The fraction of sp³-hybridized carbons (Fsp3) is 0.600. The summed E-state index contributed by atoms with van der Waals surface area (Å²) in [5.41, 5.74) is 6.48. The van der Waals surface area contributed by atoms with Crippen LogP contribution < -0.4 is 5.73 Å². The number of nitrogens with zero attached hydrogens (tertiary/aromatic N) is 2. The molecule has 114 valence electrons. The summed E-state index contributed by atoms with van der Waals surface area (Å²) >= 11 is 5.88. The zero-order chi connectivity index (χ0) is 15.3. The molecule has 1 rings (SSSR count). The molecule has 0 fully saturated rings. The molecule has 0 aromatic heterocycles. The van der Waals surface area contributed by atoms with E-state index in [9.17, 15) is 4.39 Å². The minimum Gasteiger partial charge on any atom is -0.329 e. The van der Waals surface area contributed by atoms with Crippen LogP contribution >= 0.6 is 11.6 Å². The second-order valence-corrected chi connectivity index (χ2v) is 5.74. The van der Waals surface area contributed by atoms with E-state index >= 15 is 0 Å². The van der Waals surface area contributed by atoms with Crippen LogP contribution in [0.15, 0.2) is 18.2 Å². The van der Waals surface area contributed by atoms with Crippen molar-refractivity contribution in [2.75, 3.05) is 33.7 Å². The van der Waals surface area contributed by atoms with Gasteiger partial charge in [0.1, 0.15) is 5.82 Å². The maximum Gasteiger partial charge on any atom is 0.146 e. The van der Waals surface area contributed by atoms with Gasteiger partial charge in [-0.15, -0.1) is 0 Å². The molecule has 5 heteroatoms. The van der Waals surface area contributed by atoms with E-state index in [2.05, 4.69) is 23.6 Å². The first-order chi connectivity index (χ1) is 9.42. The molecule has 0 heterocycles. The summed E-state index contributed by atoms with van der Waals surface area (Å²) < 4.78 is 14.2. The lowest BCUT2D eigenvalue weighted by molar-refractivity contribution is 0.129. The highest BCUT2D eigenvalue weighted by molar-refractivity contribution is 6.30. The quantitative estimate of drug-likeness (QED) is 0.840. The Morgan fingerprint density at radius 3 is 2.50 bits per heavy atom. The number of likely N-dealkylation sites (N-methyl/N-ethyl adjacent to an activating group) is 2. The summed E-state index contributed by atoms with van der Waals surface area (Å²) in [4.78, 5) is 4.34. The van der Waals surface area contributed by atoms with Crippen LogP contribution in [0.5, 0.6) is 0 Å². The van der Waals surface area contributed by atoms with Crippen LogP contribution in [0.1, 0.15) is 25.5 Å². The smallest absolute Gasteiger partial charge is 0.146 e. The summed E-state index contributed by atoms with van der Waals surface area (Å²) in [6.07, 6.45) is 0. The highest BCUT2D eigenvalue weighted by Crippen LogP contribution is 2.28. The molecule has 0 bridgehead atoms. The van der Waals surface area contributed by atoms with E-state index < -0.39 is 0 Å². The molecule has 3 nitrogen and oxygen atoms in total. The molecule has 0 aliphatic carbocycles. The van der Waals surface area contributed by atoms with Crippen LogP contribution in [0.4, 0.5) is 4.39 Å². The molecule has 0 saturated carbocycles. The van der Waals surface area contributed by atoms with E-state index in [0.717, 1.165) is 13.1 Å². The summed E-state index contributed by atoms with van der Waals surface area (Å²) in [5.74, 6) is -0.361. The second kappa shape index (κ2) is 7.93. The molecule has 0 radical (unpaired) electrons. The van der Waals surface area contributed by atoms with Crippen molar-refractivity contribution in [3.63, 3.8) is 0 Å². The van der Waals surface area contributed by atoms with Gasteiger partial charge in [0.05, 0.1) is 11.1 Å². The van der Waals surface area contributed by atoms with Gasteiger partial charge in [-0.1, -0.05) is 30.7 Å². The maximum atomic E-state index is 14.2. The molecular weight excluding hydrogens is 277 g/mol. The van der Waals surface area contributed by atoms with Crippen molar-refractivity contribution in [2.45, 2.75) is 25.9 Å². The van der Waals surface area contributed by atoms with Gasteiger partial charge in [0.15, 0.2) is 0 Å². The van der Waals surface area contributed by atoms with Gasteiger partial charge >= 0.3 is 0 Å². The largest absolute Gasteiger partial charge is 0.329 e. The van der Waals surface area contributed by atoms with Gasteiger partial charge in [0, 0.05) is 24.7 Å². The fourth-order valence-electron chi connectivity index (χ4n) is 2.69. The fourth-order valence-corrected chi connectivity index (χ4v) is 2.87. The minimum atomic E-state index is -0.361. The lowest BCUT2D eigenvalue weighted by atomic mass is 10.0. The van der Waals surface area contributed by atoms with E-state index in [1.807, 2.05) is 14.1 Å². The van der Waals surface area contributed by atoms with E-state index in [-0.39, 0.29) is 22.9 Å². The molecule has 2 unspecified atom stereocenters. The third-order valence-electron chi connectivity index (χ3n) is 3.52. The van der Waals surface area contributed by atoms with Gasteiger partial charge in [0.2, 0.25) is 0 Å². The van der Waals surface area contributed by atoms with Gasteiger partial charge in [-0.25, -0.2) is 4.39 Å². The van der Waals surface area contributed by atoms with Crippen molar-refractivity contribution < 1.29 is 4.39 Å². The molecule has 0 saturated heterocycles. The zero-order valence-electron chi connectivity index (χ0n) is 12.7. The molecule has 2 atom stereocenters. The Hall–Kier alpha value is -0.680. The van der Waals surface area contributed by atoms with Gasteiger partial charge in [-0.05, 0) is 33.6 Å². The molecule has 0 aliphatic heterocycles. The van der Waals surface area contributed by atoms with Gasteiger partial charge in [-0.2, -0.15) is 0 Å². The Labute approximate surface area is 126 Å². The number of halogens is 2. The van der Waals surface area contributed by atoms with Crippen LogP contribution in [-0.4, -0.2) is 49.6 Å². The molecule has 0 aliphatic rings. The lowest BCUT2D eigenvalue weighted by Gasteiger charge is -2.36. The van der Waals surface area contributed by atoms with Crippen molar-refractivity contribution in [3.05, 3.63) is 34.6 Å². The predicted molar refractivity (Wildman–Crippen MR) is 83.6 cm³/mol. The van der Waals surface area contributed by atoms with Crippen molar-refractivity contribution in [1.29, 1.82) is 0 Å². The van der Waals surface area contributed by atoms with Crippen molar-refractivity contribution in [2.24, 2.45) is 5.73 Å². The first-order valence-corrected chi connectivity index (χ1v) is 7.34. The third kappa shape index (κ3) is 4.16. The van der Waals surface area contributed by atoms with Crippen LogP contribution in [0.3, 0.4) is 0 Å². The van der Waals surface area contributed by atoms with E-state index in [1.54, 1.807) is 18.2 Å². The average Bonchev–Trinajstić information content (AvgIpc) is 2.38. The number of nitrogens with two attached hydrogens (primary N) is 1.